The number of hydrogen-bond acceptors (Lipinski definition) is 4. The molecule has 3 fully saturated rings. The summed E-state index contributed by atoms with van der Waals surface area (Å²) in [5, 5.41) is 0. The van der Waals surface area contributed by atoms with Gasteiger partial charge in [-0.2, -0.15) is 0 Å². The molecule has 5 heteroatoms. The summed E-state index contributed by atoms with van der Waals surface area (Å²) in [6.07, 6.45) is 2.48. The Bertz CT molecular complexity index is 369. The van der Waals surface area contributed by atoms with Crippen LogP contribution in [0.5, 0.6) is 0 Å². The third-order valence-corrected chi connectivity index (χ3v) is 4.90. The van der Waals surface area contributed by atoms with Crippen LogP contribution in [-0.2, 0) is 14.3 Å². The van der Waals surface area contributed by atoms with E-state index in [1.165, 1.54) is 6.42 Å². The van der Waals surface area contributed by atoms with Crippen LogP contribution in [-0.4, -0.2) is 73.9 Å². The predicted octanol–water partition coefficient (Wildman–Crippen LogP) is 0.981. The van der Waals surface area contributed by atoms with Crippen molar-refractivity contribution in [3.63, 3.8) is 0 Å². The first-order chi connectivity index (χ1) is 10.1. The van der Waals surface area contributed by atoms with Crippen molar-refractivity contribution in [2.45, 2.75) is 38.9 Å². The number of carbonyl (C=O) groups excluding carboxylic acids is 1. The van der Waals surface area contributed by atoms with Crippen LogP contribution in [0.4, 0.5) is 0 Å². The summed E-state index contributed by atoms with van der Waals surface area (Å²) in [4.78, 5) is 17.1. The van der Waals surface area contributed by atoms with E-state index in [4.69, 9.17) is 9.47 Å². The zero-order valence-corrected chi connectivity index (χ0v) is 13.3. The van der Waals surface area contributed by atoms with Crippen molar-refractivity contribution in [3.8, 4) is 0 Å². The molecule has 0 aromatic rings. The van der Waals surface area contributed by atoms with E-state index in [1.807, 2.05) is 4.90 Å². The number of rotatable bonds is 4. The summed E-state index contributed by atoms with van der Waals surface area (Å²) >= 11 is 0. The molecule has 0 unspecified atom stereocenters. The number of amides is 1. The van der Waals surface area contributed by atoms with Crippen LogP contribution in [0.15, 0.2) is 0 Å². The van der Waals surface area contributed by atoms with Gasteiger partial charge in [0.25, 0.3) is 0 Å². The first-order valence-electron chi connectivity index (χ1n) is 8.38. The fourth-order valence-electron chi connectivity index (χ4n) is 3.64. The molecule has 0 aliphatic carbocycles. The molecule has 3 heterocycles. The lowest BCUT2D eigenvalue weighted by Crippen LogP contribution is -2.48. The van der Waals surface area contributed by atoms with E-state index in [2.05, 4.69) is 18.7 Å². The number of likely N-dealkylation sites (tertiary alicyclic amines) is 1. The maximum Gasteiger partial charge on any atom is 0.228 e. The summed E-state index contributed by atoms with van der Waals surface area (Å²) in [6.45, 7) is 10.4. The van der Waals surface area contributed by atoms with Gasteiger partial charge >= 0.3 is 0 Å². The molecule has 3 aliphatic rings. The number of fused-ring (bicyclic) bond motifs is 2. The SMILES string of the molecule is CC(C)CCN1C[C@H]2C[C@H](C(=O)N3CCOCC3)[C@@H](C1)O2. The molecule has 0 radical (unpaired) electrons. The summed E-state index contributed by atoms with van der Waals surface area (Å²) in [5.74, 6) is 1.09. The molecule has 0 saturated carbocycles. The minimum Gasteiger partial charge on any atom is -0.378 e. The van der Waals surface area contributed by atoms with E-state index in [0.29, 0.717) is 13.2 Å². The van der Waals surface area contributed by atoms with Crippen molar-refractivity contribution in [2.24, 2.45) is 11.8 Å². The lowest BCUT2D eigenvalue weighted by molar-refractivity contribution is -0.142. The van der Waals surface area contributed by atoms with Crippen molar-refractivity contribution in [1.29, 1.82) is 0 Å². The topological polar surface area (TPSA) is 42.0 Å². The van der Waals surface area contributed by atoms with E-state index in [-0.39, 0.29) is 24.0 Å². The standard InChI is InChI=1S/C16H28N2O3/c1-12(2)3-4-17-10-13-9-14(15(11-17)21-13)16(19)18-5-7-20-8-6-18/h12-15H,3-11H2,1-2H3/t13-,14+,15-/m1/s1. The van der Waals surface area contributed by atoms with E-state index < -0.39 is 0 Å². The van der Waals surface area contributed by atoms with Gasteiger partial charge in [-0.25, -0.2) is 0 Å². The van der Waals surface area contributed by atoms with Gasteiger partial charge in [0, 0.05) is 26.2 Å². The second kappa shape index (κ2) is 6.63. The van der Waals surface area contributed by atoms with Crippen molar-refractivity contribution in [3.05, 3.63) is 0 Å². The molecule has 2 bridgehead atoms. The van der Waals surface area contributed by atoms with Crippen LogP contribution in [0.3, 0.4) is 0 Å². The molecule has 0 aromatic heterocycles. The molecule has 0 N–H and O–H groups in total. The summed E-state index contributed by atoms with van der Waals surface area (Å²) < 4.78 is 11.4. The van der Waals surface area contributed by atoms with Gasteiger partial charge in [0.1, 0.15) is 0 Å². The first-order valence-corrected chi connectivity index (χ1v) is 8.38. The Balaban J connectivity index is 1.55. The average molecular weight is 296 g/mol. The van der Waals surface area contributed by atoms with Gasteiger partial charge < -0.3 is 14.4 Å². The smallest absolute Gasteiger partial charge is 0.228 e. The molecule has 0 aromatic carbocycles. The Hall–Kier alpha value is -0.650. The zero-order chi connectivity index (χ0) is 14.8. The van der Waals surface area contributed by atoms with Gasteiger partial charge in [-0.05, 0) is 25.3 Å². The quantitative estimate of drug-likeness (QED) is 0.775. The van der Waals surface area contributed by atoms with Gasteiger partial charge in [0.15, 0.2) is 0 Å². The Morgan fingerprint density at radius 2 is 2.00 bits per heavy atom. The number of hydrogen-bond donors (Lipinski definition) is 0. The van der Waals surface area contributed by atoms with Gasteiger partial charge in [-0.15, -0.1) is 0 Å². The summed E-state index contributed by atoms with van der Waals surface area (Å²) in [6, 6.07) is 0. The number of morpholine rings is 2. The minimum atomic E-state index is 0.0668. The lowest BCUT2D eigenvalue weighted by Gasteiger charge is -2.34. The van der Waals surface area contributed by atoms with Crippen LogP contribution in [0, 0.1) is 11.8 Å². The fourth-order valence-corrected chi connectivity index (χ4v) is 3.64. The van der Waals surface area contributed by atoms with Gasteiger partial charge in [0.2, 0.25) is 5.91 Å². The monoisotopic (exact) mass is 296 g/mol. The number of nitrogens with zero attached hydrogens (tertiary/aromatic N) is 2. The average Bonchev–Trinajstić information content (AvgIpc) is 2.80. The highest BCUT2D eigenvalue weighted by atomic mass is 16.5. The molecule has 21 heavy (non-hydrogen) atoms. The minimum absolute atomic E-state index is 0.0668. The highest BCUT2D eigenvalue weighted by molar-refractivity contribution is 5.80. The second-order valence-electron chi connectivity index (χ2n) is 7.02. The van der Waals surface area contributed by atoms with Gasteiger partial charge in [-0.1, -0.05) is 13.8 Å². The second-order valence-corrected chi connectivity index (χ2v) is 7.02. The fraction of sp³-hybridized carbons (Fsp3) is 0.938. The zero-order valence-electron chi connectivity index (χ0n) is 13.3. The molecule has 3 atom stereocenters. The Morgan fingerprint density at radius 3 is 2.71 bits per heavy atom. The molecule has 120 valence electrons. The van der Waals surface area contributed by atoms with E-state index in [9.17, 15) is 4.79 Å². The van der Waals surface area contributed by atoms with Crippen molar-refractivity contribution in [1.82, 2.24) is 9.80 Å². The van der Waals surface area contributed by atoms with Crippen LogP contribution in [0.1, 0.15) is 26.7 Å². The van der Waals surface area contributed by atoms with Crippen LogP contribution in [0.25, 0.3) is 0 Å². The Labute approximate surface area is 127 Å². The maximum atomic E-state index is 12.7. The van der Waals surface area contributed by atoms with Crippen LogP contribution in [0.2, 0.25) is 0 Å². The predicted molar refractivity (Wildman–Crippen MR) is 80.1 cm³/mol. The molecule has 3 rings (SSSR count). The molecule has 0 spiro atoms. The molecule has 3 saturated heterocycles. The first kappa shape index (κ1) is 15.3. The van der Waals surface area contributed by atoms with Crippen molar-refractivity contribution >= 4 is 5.91 Å². The Kier molecular flexibility index (Phi) is 4.82. The third-order valence-electron chi connectivity index (χ3n) is 4.90. The normalized spacial score (nSPS) is 33.7. The van der Waals surface area contributed by atoms with E-state index >= 15 is 0 Å². The molecule has 5 nitrogen and oxygen atoms in total. The van der Waals surface area contributed by atoms with Gasteiger partial charge in [-0.3, -0.25) is 9.69 Å². The highest BCUT2D eigenvalue weighted by Gasteiger charge is 2.45. The summed E-state index contributed by atoms with van der Waals surface area (Å²) in [7, 11) is 0. The largest absolute Gasteiger partial charge is 0.378 e. The molecular formula is C16H28N2O3. The van der Waals surface area contributed by atoms with Crippen molar-refractivity contribution in [2.75, 3.05) is 45.9 Å². The summed E-state index contributed by atoms with van der Waals surface area (Å²) in [5.41, 5.74) is 0. The van der Waals surface area contributed by atoms with Crippen LogP contribution < -0.4 is 0 Å². The van der Waals surface area contributed by atoms with E-state index in [0.717, 1.165) is 45.1 Å². The lowest BCUT2D eigenvalue weighted by atomic mass is 9.98. The number of ether oxygens (including phenoxy) is 2. The molecule has 3 aliphatic heterocycles. The number of carbonyl (C=O) groups is 1. The van der Waals surface area contributed by atoms with E-state index in [1.54, 1.807) is 0 Å². The van der Waals surface area contributed by atoms with Crippen molar-refractivity contribution < 1.29 is 14.3 Å². The third kappa shape index (κ3) is 3.58. The molecular weight excluding hydrogens is 268 g/mol. The maximum absolute atomic E-state index is 12.7. The van der Waals surface area contributed by atoms with Crippen LogP contribution >= 0.6 is 0 Å². The van der Waals surface area contributed by atoms with Gasteiger partial charge in [0.05, 0.1) is 31.3 Å². The molecule has 1 amide bonds. The highest BCUT2D eigenvalue weighted by Crippen LogP contribution is 2.33. The Morgan fingerprint density at radius 1 is 1.24 bits per heavy atom.